The standard InChI is InChI=1S/C14H15N3O/c15-14(16)17-18-13(11-7-3-1-4-8-11)12-9-5-2-6-10-12/h1-10,13H,(H4,15,16,17). The Kier molecular flexibility index (Phi) is 3.81. The van der Waals surface area contributed by atoms with Crippen LogP contribution < -0.4 is 11.5 Å². The molecule has 0 aliphatic heterocycles. The van der Waals surface area contributed by atoms with E-state index in [2.05, 4.69) is 5.16 Å². The van der Waals surface area contributed by atoms with Gasteiger partial charge in [-0.25, -0.2) is 0 Å². The highest BCUT2D eigenvalue weighted by Gasteiger charge is 2.14. The number of rotatable bonds is 4. The summed E-state index contributed by atoms with van der Waals surface area (Å²) in [7, 11) is 0. The van der Waals surface area contributed by atoms with Gasteiger partial charge >= 0.3 is 0 Å². The Morgan fingerprint density at radius 1 is 0.833 bits per heavy atom. The minimum atomic E-state index is -0.311. The highest BCUT2D eigenvalue weighted by atomic mass is 16.6. The van der Waals surface area contributed by atoms with Crippen LogP contribution >= 0.6 is 0 Å². The summed E-state index contributed by atoms with van der Waals surface area (Å²) < 4.78 is 0. The van der Waals surface area contributed by atoms with E-state index in [1.54, 1.807) is 0 Å². The Labute approximate surface area is 106 Å². The third-order valence-electron chi connectivity index (χ3n) is 2.47. The fourth-order valence-corrected chi connectivity index (χ4v) is 1.68. The van der Waals surface area contributed by atoms with E-state index < -0.39 is 0 Å². The number of guanidine groups is 1. The molecule has 4 heteroatoms. The first-order valence-electron chi connectivity index (χ1n) is 5.62. The first-order valence-corrected chi connectivity index (χ1v) is 5.62. The molecule has 18 heavy (non-hydrogen) atoms. The summed E-state index contributed by atoms with van der Waals surface area (Å²) in [4.78, 5) is 5.41. The lowest BCUT2D eigenvalue weighted by Gasteiger charge is -2.15. The topological polar surface area (TPSA) is 73.6 Å². The van der Waals surface area contributed by atoms with Crippen LogP contribution in [0.4, 0.5) is 0 Å². The van der Waals surface area contributed by atoms with Gasteiger partial charge in [0.1, 0.15) is 0 Å². The van der Waals surface area contributed by atoms with Crippen LogP contribution in [0.5, 0.6) is 0 Å². The van der Waals surface area contributed by atoms with Crippen LogP contribution in [0.2, 0.25) is 0 Å². The third-order valence-corrected chi connectivity index (χ3v) is 2.47. The van der Waals surface area contributed by atoms with Gasteiger partial charge in [-0.2, -0.15) is 0 Å². The summed E-state index contributed by atoms with van der Waals surface area (Å²) in [6.45, 7) is 0. The molecule has 0 aromatic heterocycles. The Morgan fingerprint density at radius 2 is 1.28 bits per heavy atom. The number of oxime groups is 1. The molecule has 92 valence electrons. The van der Waals surface area contributed by atoms with Crippen molar-refractivity contribution in [3.05, 3.63) is 71.8 Å². The Hall–Kier alpha value is -2.49. The number of nitrogens with zero attached hydrogens (tertiary/aromatic N) is 1. The van der Waals surface area contributed by atoms with E-state index in [1.807, 2.05) is 60.7 Å². The summed E-state index contributed by atoms with van der Waals surface area (Å²) in [5, 5.41) is 3.65. The molecule has 4 nitrogen and oxygen atoms in total. The number of nitrogens with two attached hydrogens (primary N) is 2. The maximum absolute atomic E-state index is 5.41. The van der Waals surface area contributed by atoms with Gasteiger partial charge in [0, 0.05) is 0 Å². The van der Waals surface area contributed by atoms with Crippen LogP contribution in [0.3, 0.4) is 0 Å². The second-order valence-corrected chi connectivity index (χ2v) is 3.82. The van der Waals surface area contributed by atoms with Crippen molar-refractivity contribution in [3.63, 3.8) is 0 Å². The van der Waals surface area contributed by atoms with Crippen molar-refractivity contribution in [1.82, 2.24) is 0 Å². The molecule has 0 atom stereocenters. The van der Waals surface area contributed by atoms with E-state index in [-0.39, 0.29) is 12.1 Å². The maximum atomic E-state index is 5.41. The van der Waals surface area contributed by atoms with Gasteiger partial charge in [-0.1, -0.05) is 60.7 Å². The Bertz CT molecular complexity index is 468. The molecule has 2 rings (SSSR count). The van der Waals surface area contributed by atoms with E-state index in [4.69, 9.17) is 16.3 Å². The maximum Gasteiger partial charge on any atom is 0.228 e. The molecule has 0 fully saturated rings. The van der Waals surface area contributed by atoms with Gasteiger partial charge in [0.25, 0.3) is 0 Å². The number of hydrogen-bond acceptors (Lipinski definition) is 2. The monoisotopic (exact) mass is 241 g/mol. The second-order valence-electron chi connectivity index (χ2n) is 3.82. The van der Waals surface area contributed by atoms with Crippen molar-refractivity contribution in [2.75, 3.05) is 0 Å². The van der Waals surface area contributed by atoms with Crippen molar-refractivity contribution >= 4 is 5.96 Å². The largest absolute Gasteiger partial charge is 0.380 e. The molecular weight excluding hydrogens is 226 g/mol. The first kappa shape index (κ1) is 12.0. The van der Waals surface area contributed by atoms with Crippen LogP contribution in [-0.2, 0) is 4.84 Å². The van der Waals surface area contributed by atoms with Crippen molar-refractivity contribution in [3.8, 4) is 0 Å². The third kappa shape index (κ3) is 3.01. The smallest absolute Gasteiger partial charge is 0.228 e. The van der Waals surface area contributed by atoms with Crippen molar-refractivity contribution in [2.45, 2.75) is 6.10 Å². The zero-order chi connectivity index (χ0) is 12.8. The molecule has 0 saturated heterocycles. The summed E-state index contributed by atoms with van der Waals surface area (Å²) in [5.74, 6) is -0.0909. The number of hydrogen-bond donors (Lipinski definition) is 2. The molecule has 2 aromatic carbocycles. The van der Waals surface area contributed by atoms with Crippen LogP contribution in [0, 0.1) is 0 Å². The molecule has 0 saturated carbocycles. The lowest BCUT2D eigenvalue weighted by atomic mass is 10.0. The normalized spacial score (nSPS) is 10.1. The minimum Gasteiger partial charge on any atom is -0.380 e. The summed E-state index contributed by atoms with van der Waals surface area (Å²) in [6, 6.07) is 19.6. The average molecular weight is 241 g/mol. The fourth-order valence-electron chi connectivity index (χ4n) is 1.68. The molecule has 0 aliphatic rings. The predicted octanol–water partition coefficient (Wildman–Crippen LogP) is 1.98. The van der Waals surface area contributed by atoms with Crippen molar-refractivity contribution in [2.24, 2.45) is 16.6 Å². The van der Waals surface area contributed by atoms with Crippen LogP contribution in [-0.4, -0.2) is 5.96 Å². The Morgan fingerprint density at radius 3 is 1.67 bits per heavy atom. The van der Waals surface area contributed by atoms with Gasteiger partial charge in [-0.05, 0) is 16.3 Å². The summed E-state index contributed by atoms with van der Waals surface area (Å²) >= 11 is 0. The quantitative estimate of drug-likeness (QED) is 0.488. The molecule has 0 heterocycles. The van der Waals surface area contributed by atoms with Crippen LogP contribution in [0.15, 0.2) is 65.8 Å². The van der Waals surface area contributed by atoms with E-state index in [9.17, 15) is 0 Å². The molecule has 0 unspecified atom stereocenters. The van der Waals surface area contributed by atoms with E-state index in [1.165, 1.54) is 0 Å². The Balaban J connectivity index is 2.32. The highest BCUT2D eigenvalue weighted by molar-refractivity contribution is 5.74. The second kappa shape index (κ2) is 5.72. The molecule has 0 amide bonds. The zero-order valence-electron chi connectivity index (χ0n) is 9.86. The highest BCUT2D eigenvalue weighted by Crippen LogP contribution is 2.25. The van der Waals surface area contributed by atoms with Gasteiger partial charge in [-0.15, -0.1) is 0 Å². The lowest BCUT2D eigenvalue weighted by molar-refractivity contribution is 0.0867. The molecular formula is C14H15N3O. The van der Waals surface area contributed by atoms with Crippen molar-refractivity contribution < 1.29 is 4.84 Å². The molecule has 0 bridgehead atoms. The molecule has 2 aromatic rings. The summed E-state index contributed by atoms with van der Waals surface area (Å²) in [5.41, 5.74) is 12.6. The first-order chi connectivity index (χ1) is 8.77. The van der Waals surface area contributed by atoms with Gasteiger partial charge < -0.3 is 16.3 Å². The van der Waals surface area contributed by atoms with Gasteiger partial charge in [-0.3, -0.25) is 0 Å². The van der Waals surface area contributed by atoms with Gasteiger partial charge in [0.2, 0.25) is 5.96 Å². The number of benzene rings is 2. The molecule has 0 spiro atoms. The summed E-state index contributed by atoms with van der Waals surface area (Å²) in [6.07, 6.45) is -0.311. The van der Waals surface area contributed by atoms with E-state index in [0.29, 0.717) is 0 Å². The molecule has 0 radical (unpaired) electrons. The fraction of sp³-hybridized carbons (Fsp3) is 0.0714. The van der Waals surface area contributed by atoms with E-state index in [0.717, 1.165) is 11.1 Å². The molecule has 4 N–H and O–H groups in total. The lowest BCUT2D eigenvalue weighted by Crippen LogP contribution is -2.23. The van der Waals surface area contributed by atoms with Crippen molar-refractivity contribution in [1.29, 1.82) is 0 Å². The van der Waals surface area contributed by atoms with Gasteiger partial charge in [0.05, 0.1) is 0 Å². The van der Waals surface area contributed by atoms with E-state index >= 15 is 0 Å². The average Bonchev–Trinajstić information content (AvgIpc) is 2.41. The predicted molar refractivity (Wildman–Crippen MR) is 71.6 cm³/mol. The van der Waals surface area contributed by atoms with Crippen LogP contribution in [0.1, 0.15) is 17.2 Å². The SMILES string of the molecule is NC(N)=NOC(c1ccccc1)c1ccccc1. The zero-order valence-corrected chi connectivity index (χ0v) is 9.86. The minimum absolute atomic E-state index is 0.0909. The van der Waals surface area contributed by atoms with Gasteiger partial charge in [0.15, 0.2) is 6.10 Å². The molecule has 0 aliphatic carbocycles. The van der Waals surface area contributed by atoms with Crippen LogP contribution in [0.25, 0.3) is 0 Å².